The molecule has 0 radical (unpaired) electrons. The monoisotopic (exact) mass is 424 g/mol. The van der Waals surface area contributed by atoms with Crippen LogP contribution in [0, 0.1) is 0 Å². The Morgan fingerprint density at radius 1 is 1.17 bits per heavy atom. The van der Waals surface area contributed by atoms with E-state index in [1.165, 1.54) is 11.0 Å². The summed E-state index contributed by atoms with van der Waals surface area (Å²) in [5.41, 5.74) is 0.136. The van der Waals surface area contributed by atoms with Crippen LogP contribution in [0.25, 0.3) is 11.1 Å². The van der Waals surface area contributed by atoms with Crippen LogP contribution in [-0.4, -0.2) is 41.8 Å². The van der Waals surface area contributed by atoms with Crippen molar-refractivity contribution in [2.24, 2.45) is 0 Å². The number of rotatable bonds is 6. The van der Waals surface area contributed by atoms with Gasteiger partial charge in [0, 0.05) is 25.4 Å². The molecule has 0 fully saturated rings. The number of amides is 1. The Hall–Kier alpha value is -2.77. The smallest absolute Gasteiger partial charge is 0.433 e. The van der Waals surface area contributed by atoms with Gasteiger partial charge >= 0.3 is 12.3 Å². The number of likely N-dealkylation sites (N-methyl/N-ethyl adjacent to an activating group) is 1. The lowest BCUT2D eigenvalue weighted by Crippen LogP contribution is -2.35. The van der Waals surface area contributed by atoms with Crippen LogP contribution in [0.3, 0.4) is 0 Å². The topological polar surface area (TPSA) is 51.7 Å². The van der Waals surface area contributed by atoms with E-state index in [0.29, 0.717) is 36.4 Å². The van der Waals surface area contributed by atoms with E-state index < -0.39 is 23.6 Å². The number of benzene rings is 1. The van der Waals surface area contributed by atoms with E-state index in [1.54, 1.807) is 46.9 Å². The average molecular weight is 424 g/mol. The maximum absolute atomic E-state index is 13.1. The van der Waals surface area contributed by atoms with Gasteiger partial charge in [-0.05, 0) is 57.4 Å². The minimum atomic E-state index is -4.53. The summed E-state index contributed by atoms with van der Waals surface area (Å²) in [5, 5.41) is 0. The van der Waals surface area contributed by atoms with Crippen LogP contribution >= 0.6 is 0 Å². The molecule has 164 valence electrons. The Morgan fingerprint density at radius 3 is 2.47 bits per heavy atom. The largest absolute Gasteiger partial charge is 0.493 e. The number of carbonyl (C=O) groups is 1. The van der Waals surface area contributed by atoms with Crippen LogP contribution in [-0.2, 0) is 17.3 Å². The van der Waals surface area contributed by atoms with Crippen molar-refractivity contribution in [2.45, 2.75) is 45.9 Å². The van der Waals surface area contributed by atoms with Gasteiger partial charge in [-0.3, -0.25) is 4.98 Å². The lowest BCUT2D eigenvalue weighted by Gasteiger charge is -2.25. The number of aromatic nitrogens is 1. The Bertz CT molecular complexity index is 877. The van der Waals surface area contributed by atoms with E-state index in [4.69, 9.17) is 9.47 Å². The molecule has 0 atom stereocenters. The molecule has 0 N–H and O–H groups in total. The zero-order valence-corrected chi connectivity index (χ0v) is 17.8. The molecule has 2 rings (SSSR count). The van der Waals surface area contributed by atoms with Gasteiger partial charge in [0.25, 0.3) is 0 Å². The van der Waals surface area contributed by atoms with E-state index in [2.05, 4.69) is 4.98 Å². The Morgan fingerprint density at radius 2 is 1.87 bits per heavy atom. The predicted octanol–water partition coefficient (Wildman–Crippen LogP) is 5.58. The molecule has 5 nitrogen and oxygen atoms in total. The van der Waals surface area contributed by atoms with Crippen molar-refractivity contribution < 1.29 is 27.4 Å². The van der Waals surface area contributed by atoms with Gasteiger partial charge in [-0.2, -0.15) is 13.2 Å². The quantitative estimate of drug-likeness (QED) is 0.608. The minimum absolute atomic E-state index is 0.350. The van der Waals surface area contributed by atoms with Gasteiger partial charge in [-0.1, -0.05) is 18.2 Å². The summed E-state index contributed by atoms with van der Waals surface area (Å²) >= 11 is 0. The summed E-state index contributed by atoms with van der Waals surface area (Å²) in [4.78, 5) is 17.0. The highest BCUT2D eigenvalue weighted by Crippen LogP contribution is 2.36. The van der Waals surface area contributed by atoms with Crippen LogP contribution in [0.4, 0.5) is 18.0 Å². The van der Waals surface area contributed by atoms with Crippen molar-refractivity contribution in [1.29, 1.82) is 0 Å². The predicted molar refractivity (Wildman–Crippen MR) is 108 cm³/mol. The van der Waals surface area contributed by atoms with Gasteiger partial charge in [0.05, 0.1) is 6.61 Å². The highest BCUT2D eigenvalue weighted by molar-refractivity contribution is 5.72. The normalized spacial score (nSPS) is 11.9. The molecule has 1 amide bonds. The first-order valence-electron chi connectivity index (χ1n) is 9.65. The molecule has 2 aromatic rings. The SMILES string of the molecule is CCOc1c(CCN(C)C(=O)OC(C)(C)C)cccc1-c1ccnc(C(F)(F)F)c1. The number of alkyl halides is 3. The minimum Gasteiger partial charge on any atom is -0.493 e. The van der Waals surface area contributed by atoms with Crippen molar-refractivity contribution in [3.63, 3.8) is 0 Å². The van der Waals surface area contributed by atoms with Gasteiger partial charge in [0.15, 0.2) is 0 Å². The molecule has 0 aliphatic heterocycles. The van der Waals surface area contributed by atoms with Crippen LogP contribution < -0.4 is 4.74 Å². The van der Waals surface area contributed by atoms with Crippen molar-refractivity contribution in [1.82, 2.24) is 9.88 Å². The Labute approximate surface area is 174 Å². The number of hydrogen-bond donors (Lipinski definition) is 0. The lowest BCUT2D eigenvalue weighted by molar-refractivity contribution is -0.141. The molecular weight excluding hydrogens is 397 g/mol. The van der Waals surface area contributed by atoms with Crippen molar-refractivity contribution >= 4 is 6.09 Å². The first kappa shape index (κ1) is 23.5. The number of halogens is 3. The molecule has 1 aromatic heterocycles. The Kier molecular flexibility index (Phi) is 7.34. The zero-order valence-electron chi connectivity index (χ0n) is 17.8. The first-order chi connectivity index (χ1) is 13.9. The first-order valence-corrected chi connectivity index (χ1v) is 9.65. The van der Waals surface area contributed by atoms with E-state index >= 15 is 0 Å². The summed E-state index contributed by atoms with van der Waals surface area (Å²) in [5.74, 6) is 0.497. The molecule has 1 heterocycles. The third kappa shape index (κ3) is 6.37. The fourth-order valence-corrected chi connectivity index (χ4v) is 2.80. The average Bonchev–Trinajstić information content (AvgIpc) is 2.65. The van der Waals surface area contributed by atoms with Crippen LogP contribution in [0.15, 0.2) is 36.5 Å². The number of carbonyl (C=O) groups excluding carboxylic acids is 1. The summed E-state index contributed by atoms with van der Waals surface area (Å²) < 4.78 is 50.3. The van der Waals surface area contributed by atoms with Gasteiger partial charge in [-0.25, -0.2) is 4.79 Å². The second-order valence-corrected chi connectivity index (χ2v) is 7.81. The molecular formula is C22H27F3N2O3. The Balaban J connectivity index is 2.30. The zero-order chi connectivity index (χ0) is 22.5. The summed E-state index contributed by atoms with van der Waals surface area (Å²) in [6.45, 7) is 7.89. The van der Waals surface area contributed by atoms with Crippen molar-refractivity contribution in [3.8, 4) is 16.9 Å². The van der Waals surface area contributed by atoms with Crippen molar-refractivity contribution in [3.05, 3.63) is 47.8 Å². The highest BCUT2D eigenvalue weighted by Gasteiger charge is 2.32. The van der Waals surface area contributed by atoms with Crippen LogP contribution in [0.1, 0.15) is 39.0 Å². The number of nitrogens with zero attached hydrogens (tertiary/aromatic N) is 2. The second-order valence-electron chi connectivity index (χ2n) is 7.81. The molecule has 0 aliphatic carbocycles. The molecule has 0 spiro atoms. The van der Waals surface area contributed by atoms with Crippen LogP contribution in [0.5, 0.6) is 5.75 Å². The summed E-state index contributed by atoms with van der Waals surface area (Å²) in [7, 11) is 1.64. The molecule has 0 saturated heterocycles. The number of ether oxygens (including phenoxy) is 2. The number of hydrogen-bond acceptors (Lipinski definition) is 4. The van der Waals surface area contributed by atoms with Gasteiger partial charge < -0.3 is 14.4 Å². The number of pyridine rings is 1. The van der Waals surface area contributed by atoms with E-state index in [1.807, 2.05) is 6.07 Å². The molecule has 0 aliphatic rings. The van der Waals surface area contributed by atoms with Gasteiger partial charge in [0.2, 0.25) is 0 Å². The standard InChI is InChI=1S/C22H27F3N2O3/c1-6-29-19-15(11-13-27(5)20(28)30-21(2,3)4)8-7-9-17(19)16-10-12-26-18(14-16)22(23,24)25/h7-10,12,14H,6,11,13H2,1-5H3. The molecule has 0 bridgehead atoms. The van der Waals surface area contributed by atoms with Crippen molar-refractivity contribution in [2.75, 3.05) is 20.2 Å². The molecule has 1 aromatic carbocycles. The van der Waals surface area contributed by atoms with E-state index in [0.717, 1.165) is 17.8 Å². The molecule has 0 unspecified atom stereocenters. The fourth-order valence-electron chi connectivity index (χ4n) is 2.80. The summed E-state index contributed by atoms with van der Waals surface area (Å²) in [6, 6.07) is 7.83. The van der Waals surface area contributed by atoms with E-state index in [9.17, 15) is 18.0 Å². The molecule has 30 heavy (non-hydrogen) atoms. The van der Waals surface area contributed by atoms with Crippen LogP contribution in [0.2, 0.25) is 0 Å². The molecule has 8 heteroatoms. The van der Waals surface area contributed by atoms with E-state index in [-0.39, 0.29) is 0 Å². The second kappa shape index (κ2) is 9.36. The summed E-state index contributed by atoms with van der Waals surface area (Å²) in [6.07, 6.45) is -3.39. The maximum Gasteiger partial charge on any atom is 0.433 e. The maximum atomic E-state index is 13.1. The third-order valence-electron chi connectivity index (χ3n) is 4.17. The highest BCUT2D eigenvalue weighted by atomic mass is 19.4. The molecule has 0 saturated carbocycles. The van der Waals surface area contributed by atoms with Gasteiger partial charge in [0.1, 0.15) is 17.0 Å². The third-order valence-corrected chi connectivity index (χ3v) is 4.17. The van der Waals surface area contributed by atoms with Gasteiger partial charge in [-0.15, -0.1) is 0 Å². The number of para-hydroxylation sites is 1. The lowest BCUT2D eigenvalue weighted by atomic mass is 9.99. The fraction of sp³-hybridized carbons (Fsp3) is 0.455.